The summed E-state index contributed by atoms with van der Waals surface area (Å²) in [6.45, 7) is 8.91. The SMILES string of the molecule is COCC1CCN(C2(CN)CCCC(C(C)C)CC2)C1. The molecule has 2 N–H and O–H groups in total. The molecule has 2 rings (SSSR count). The van der Waals surface area contributed by atoms with Gasteiger partial charge >= 0.3 is 0 Å². The number of methoxy groups -OCH3 is 1. The van der Waals surface area contributed by atoms with Gasteiger partial charge in [0, 0.05) is 25.7 Å². The zero-order chi connectivity index (χ0) is 14.6. The highest BCUT2D eigenvalue weighted by molar-refractivity contribution is 4.97. The van der Waals surface area contributed by atoms with E-state index in [1.165, 1.54) is 51.6 Å². The molecule has 0 amide bonds. The molecule has 0 spiro atoms. The van der Waals surface area contributed by atoms with Gasteiger partial charge in [0.25, 0.3) is 0 Å². The number of hydrogen-bond acceptors (Lipinski definition) is 3. The lowest BCUT2D eigenvalue weighted by molar-refractivity contribution is 0.0879. The lowest BCUT2D eigenvalue weighted by Crippen LogP contribution is -2.52. The Morgan fingerprint density at radius 3 is 2.70 bits per heavy atom. The van der Waals surface area contributed by atoms with Crippen LogP contribution < -0.4 is 5.73 Å². The van der Waals surface area contributed by atoms with Crippen LogP contribution in [0.25, 0.3) is 0 Å². The molecule has 20 heavy (non-hydrogen) atoms. The molecule has 1 saturated carbocycles. The van der Waals surface area contributed by atoms with Gasteiger partial charge in [-0.3, -0.25) is 4.90 Å². The zero-order valence-electron chi connectivity index (χ0n) is 13.7. The molecule has 0 aromatic heterocycles. The van der Waals surface area contributed by atoms with E-state index >= 15 is 0 Å². The van der Waals surface area contributed by atoms with Crippen molar-refractivity contribution in [1.29, 1.82) is 0 Å². The van der Waals surface area contributed by atoms with Crippen molar-refractivity contribution < 1.29 is 4.74 Å². The zero-order valence-corrected chi connectivity index (χ0v) is 13.7. The van der Waals surface area contributed by atoms with Gasteiger partial charge in [0.15, 0.2) is 0 Å². The second-order valence-corrected chi connectivity index (χ2v) is 7.42. The quantitative estimate of drug-likeness (QED) is 0.788. The third-order valence-electron chi connectivity index (χ3n) is 5.88. The van der Waals surface area contributed by atoms with Crippen molar-refractivity contribution in [2.45, 2.75) is 57.9 Å². The van der Waals surface area contributed by atoms with Gasteiger partial charge in [-0.1, -0.05) is 26.7 Å². The van der Waals surface area contributed by atoms with Crippen molar-refractivity contribution in [3.63, 3.8) is 0 Å². The van der Waals surface area contributed by atoms with Crippen molar-refractivity contribution in [3.05, 3.63) is 0 Å². The third-order valence-corrected chi connectivity index (χ3v) is 5.88. The summed E-state index contributed by atoms with van der Waals surface area (Å²) in [5.41, 5.74) is 6.54. The minimum Gasteiger partial charge on any atom is -0.384 e. The number of nitrogens with zero attached hydrogens (tertiary/aromatic N) is 1. The van der Waals surface area contributed by atoms with Crippen LogP contribution in [0.1, 0.15) is 52.4 Å². The highest BCUT2D eigenvalue weighted by atomic mass is 16.5. The van der Waals surface area contributed by atoms with Crippen molar-refractivity contribution in [1.82, 2.24) is 4.90 Å². The molecular formula is C17H34N2O. The second-order valence-electron chi connectivity index (χ2n) is 7.42. The lowest BCUT2D eigenvalue weighted by atomic mass is 9.85. The van der Waals surface area contributed by atoms with E-state index in [9.17, 15) is 0 Å². The average molecular weight is 282 g/mol. The predicted molar refractivity (Wildman–Crippen MR) is 84.8 cm³/mol. The maximum absolute atomic E-state index is 6.26. The van der Waals surface area contributed by atoms with Crippen molar-refractivity contribution in [2.75, 3.05) is 33.4 Å². The standard InChI is InChI=1S/C17H34N2O/c1-14(2)16-5-4-8-17(13-18,9-6-16)19-10-7-15(11-19)12-20-3/h14-16H,4-13,18H2,1-3H3. The topological polar surface area (TPSA) is 38.5 Å². The Bertz CT molecular complexity index is 295. The summed E-state index contributed by atoms with van der Waals surface area (Å²) in [5.74, 6) is 2.44. The Balaban J connectivity index is 1.99. The van der Waals surface area contributed by atoms with E-state index in [1.807, 2.05) is 7.11 Å². The van der Waals surface area contributed by atoms with Crippen molar-refractivity contribution >= 4 is 0 Å². The van der Waals surface area contributed by atoms with Gasteiger partial charge in [-0.15, -0.1) is 0 Å². The van der Waals surface area contributed by atoms with Crippen LogP contribution in [-0.2, 0) is 4.74 Å². The molecule has 2 aliphatic rings. The van der Waals surface area contributed by atoms with Crippen LogP contribution in [0, 0.1) is 17.8 Å². The first kappa shape index (κ1) is 16.3. The highest BCUT2D eigenvalue weighted by Crippen LogP contribution is 2.39. The Hall–Kier alpha value is -0.120. The maximum Gasteiger partial charge on any atom is 0.0503 e. The Morgan fingerprint density at radius 1 is 1.25 bits per heavy atom. The first-order valence-corrected chi connectivity index (χ1v) is 8.55. The van der Waals surface area contributed by atoms with E-state index in [1.54, 1.807) is 0 Å². The number of ether oxygens (including phenoxy) is 1. The molecule has 1 heterocycles. The molecule has 118 valence electrons. The van der Waals surface area contributed by atoms with Gasteiger partial charge in [0.1, 0.15) is 0 Å². The van der Waals surface area contributed by atoms with Gasteiger partial charge in [-0.2, -0.15) is 0 Å². The summed E-state index contributed by atoms with van der Waals surface area (Å²) in [6.07, 6.45) is 7.99. The van der Waals surface area contributed by atoms with Gasteiger partial charge in [-0.25, -0.2) is 0 Å². The molecule has 3 nitrogen and oxygen atoms in total. The van der Waals surface area contributed by atoms with Crippen LogP contribution in [-0.4, -0.2) is 43.8 Å². The van der Waals surface area contributed by atoms with Gasteiger partial charge in [-0.05, 0) is 50.0 Å². The Morgan fingerprint density at radius 2 is 2.05 bits per heavy atom. The first-order valence-electron chi connectivity index (χ1n) is 8.55. The summed E-state index contributed by atoms with van der Waals surface area (Å²) in [5, 5.41) is 0. The Labute approximate surface area is 125 Å². The molecule has 1 saturated heterocycles. The normalized spacial score (nSPS) is 36.5. The van der Waals surface area contributed by atoms with E-state index < -0.39 is 0 Å². The molecule has 3 heteroatoms. The van der Waals surface area contributed by atoms with E-state index in [0.717, 1.165) is 25.0 Å². The fraction of sp³-hybridized carbons (Fsp3) is 1.00. The summed E-state index contributed by atoms with van der Waals surface area (Å²) in [6, 6.07) is 0. The minimum atomic E-state index is 0.284. The van der Waals surface area contributed by atoms with Crippen LogP contribution in [0.5, 0.6) is 0 Å². The van der Waals surface area contributed by atoms with E-state index in [2.05, 4.69) is 18.7 Å². The van der Waals surface area contributed by atoms with Crippen LogP contribution in [0.4, 0.5) is 0 Å². The first-order chi connectivity index (χ1) is 9.61. The average Bonchev–Trinajstić information content (AvgIpc) is 2.78. The second kappa shape index (κ2) is 7.24. The van der Waals surface area contributed by atoms with E-state index in [-0.39, 0.29) is 5.54 Å². The third kappa shape index (κ3) is 3.55. The number of hydrogen-bond donors (Lipinski definition) is 1. The largest absolute Gasteiger partial charge is 0.384 e. The summed E-state index contributed by atoms with van der Waals surface area (Å²) in [4.78, 5) is 2.71. The molecule has 0 aromatic rings. The monoisotopic (exact) mass is 282 g/mol. The predicted octanol–water partition coefficient (Wildman–Crippen LogP) is 2.89. The molecule has 0 bridgehead atoms. The molecule has 0 radical (unpaired) electrons. The van der Waals surface area contributed by atoms with E-state index in [0.29, 0.717) is 5.92 Å². The van der Waals surface area contributed by atoms with Gasteiger partial charge in [0.2, 0.25) is 0 Å². The number of nitrogens with two attached hydrogens (primary N) is 1. The summed E-state index contributed by atoms with van der Waals surface area (Å²) < 4.78 is 5.34. The molecule has 1 aliphatic carbocycles. The highest BCUT2D eigenvalue weighted by Gasteiger charge is 2.40. The number of rotatable bonds is 5. The Kier molecular flexibility index (Phi) is 5.88. The summed E-state index contributed by atoms with van der Waals surface area (Å²) in [7, 11) is 1.82. The molecule has 2 fully saturated rings. The van der Waals surface area contributed by atoms with Gasteiger partial charge < -0.3 is 10.5 Å². The summed E-state index contributed by atoms with van der Waals surface area (Å²) >= 11 is 0. The van der Waals surface area contributed by atoms with Gasteiger partial charge in [0.05, 0.1) is 6.61 Å². The molecule has 0 aromatic carbocycles. The smallest absolute Gasteiger partial charge is 0.0503 e. The fourth-order valence-electron chi connectivity index (χ4n) is 4.37. The maximum atomic E-state index is 6.26. The lowest BCUT2D eigenvalue weighted by Gasteiger charge is -2.41. The number of likely N-dealkylation sites (tertiary alicyclic amines) is 1. The van der Waals surface area contributed by atoms with Crippen LogP contribution >= 0.6 is 0 Å². The van der Waals surface area contributed by atoms with Crippen molar-refractivity contribution in [2.24, 2.45) is 23.5 Å². The fourth-order valence-corrected chi connectivity index (χ4v) is 4.37. The van der Waals surface area contributed by atoms with E-state index in [4.69, 9.17) is 10.5 Å². The molecular weight excluding hydrogens is 248 g/mol. The van der Waals surface area contributed by atoms with Crippen LogP contribution in [0.3, 0.4) is 0 Å². The van der Waals surface area contributed by atoms with Crippen LogP contribution in [0.15, 0.2) is 0 Å². The molecule has 1 aliphatic heterocycles. The molecule has 3 atom stereocenters. The minimum absolute atomic E-state index is 0.284. The van der Waals surface area contributed by atoms with Crippen molar-refractivity contribution in [3.8, 4) is 0 Å². The molecule has 3 unspecified atom stereocenters. The van der Waals surface area contributed by atoms with Crippen LogP contribution in [0.2, 0.25) is 0 Å².